The molecule has 8 heteroatoms. The maximum absolute atomic E-state index is 6.28. The molecule has 0 radical (unpaired) electrons. The van der Waals surface area contributed by atoms with Gasteiger partial charge in [0.1, 0.15) is 23.5 Å². The Labute approximate surface area is 174 Å². The van der Waals surface area contributed by atoms with E-state index in [1.165, 1.54) is 0 Å². The number of ether oxygens (including phenoxy) is 2. The summed E-state index contributed by atoms with van der Waals surface area (Å²) in [4.78, 5) is 4.74. The Bertz CT molecular complexity index is 1160. The highest BCUT2D eigenvalue weighted by Gasteiger charge is 2.19. The highest BCUT2D eigenvalue weighted by molar-refractivity contribution is 5.84. The molecule has 4 heterocycles. The molecule has 1 fully saturated rings. The lowest BCUT2D eigenvalue weighted by Gasteiger charge is -2.23. The van der Waals surface area contributed by atoms with E-state index in [0.29, 0.717) is 12.4 Å². The van der Waals surface area contributed by atoms with Gasteiger partial charge in [-0.2, -0.15) is 10.2 Å². The van der Waals surface area contributed by atoms with Gasteiger partial charge in [-0.05, 0) is 12.8 Å². The summed E-state index contributed by atoms with van der Waals surface area (Å²) in [5.41, 5.74) is 2.73. The summed E-state index contributed by atoms with van der Waals surface area (Å²) < 4.78 is 15.4. The molecule has 1 saturated heterocycles. The first-order valence-electron chi connectivity index (χ1n) is 10.1. The maximum atomic E-state index is 6.28. The molecule has 0 aliphatic carbocycles. The van der Waals surface area contributed by atoms with Crippen LogP contribution in [0.3, 0.4) is 0 Å². The molecule has 0 saturated carbocycles. The lowest BCUT2D eigenvalue weighted by atomic mass is 10.1. The molecule has 30 heavy (non-hydrogen) atoms. The van der Waals surface area contributed by atoms with Crippen molar-refractivity contribution in [2.24, 2.45) is 14.1 Å². The molecule has 1 N–H and O–H groups in total. The number of anilines is 2. The number of aryl methyl sites for hydroxylation is 2. The number of pyridine rings is 1. The van der Waals surface area contributed by atoms with Gasteiger partial charge in [-0.1, -0.05) is 30.3 Å². The van der Waals surface area contributed by atoms with Crippen LogP contribution in [0.15, 0.2) is 48.7 Å². The van der Waals surface area contributed by atoms with Crippen molar-refractivity contribution in [3.63, 3.8) is 0 Å². The first-order valence-corrected chi connectivity index (χ1v) is 10.1. The van der Waals surface area contributed by atoms with Crippen LogP contribution in [0, 0.1) is 0 Å². The van der Waals surface area contributed by atoms with Gasteiger partial charge in [-0.25, -0.2) is 4.98 Å². The van der Waals surface area contributed by atoms with Gasteiger partial charge in [0.15, 0.2) is 5.65 Å². The number of hydrogen-bond acceptors (Lipinski definition) is 6. The van der Waals surface area contributed by atoms with E-state index in [9.17, 15) is 0 Å². The van der Waals surface area contributed by atoms with Crippen LogP contribution in [-0.2, 0) is 18.8 Å². The van der Waals surface area contributed by atoms with E-state index in [1.807, 2.05) is 61.2 Å². The maximum Gasteiger partial charge on any atom is 0.163 e. The highest BCUT2D eigenvalue weighted by atomic mass is 16.5. The zero-order valence-electron chi connectivity index (χ0n) is 17.1. The monoisotopic (exact) mass is 404 g/mol. The van der Waals surface area contributed by atoms with Gasteiger partial charge in [0, 0.05) is 38.4 Å². The van der Waals surface area contributed by atoms with E-state index in [0.717, 1.165) is 53.3 Å². The van der Waals surface area contributed by atoms with Gasteiger partial charge in [0.2, 0.25) is 0 Å². The topological polar surface area (TPSA) is 79.0 Å². The molecule has 1 aromatic carbocycles. The van der Waals surface area contributed by atoms with Crippen LogP contribution in [-0.4, -0.2) is 43.9 Å². The lowest BCUT2D eigenvalue weighted by molar-refractivity contribution is 0.00809. The number of aromatic nitrogens is 5. The molecule has 1 aliphatic heterocycles. The number of hydrogen-bond donors (Lipinski definition) is 1. The molecule has 0 spiro atoms. The van der Waals surface area contributed by atoms with Crippen molar-refractivity contribution in [2.75, 3.05) is 18.5 Å². The summed E-state index contributed by atoms with van der Waals surface area (Å²) in [6.45, 7) is 1.41. The molecule has 0 bridgehead atoms. The largest absolute Gasteiger partial charge is 0.487 e. The van der Waals surface area contributed by atoms with Gasteiger partial charge in [0.05, 0.1) is 23.9 Å². The van der Waals surface area contributed by atoms with E-state index >= 15 is 0 Å². The number of benzene rings is 1. The fourth-order valence-corrected chi connectivity index (χ4v) is 3.70. The predicted octanol–water partition coefficient (Wildman–Crippen LogP) is 3.67. The second-order valence-corrected chi connectivity index (χ2v) is 7.50. The average molecular weight is 404 g/mol. The first-order chi connectivity index (χ1) is 14.7. The third kappa shape index (κ3) is 3.61. The molecule has 0 amide bonds. The van der Waals surface area contributed by atoms with Crippen molar-refractivity contribution in [1.29, 1.82) is 0 Å². The minimum atomic E-state index is 0.0405. The van der Waals surface area contributed by atoms with Crippen LogP contribution in [0.2, 0.25) is 0 Å². The normalized spacial score (nSPS) is 16.7. The zero-order chi connectivity index (χ0) is 20.5. The van der Waals surface area contributed by atoms with Crippen LogP contribution in [0.5, 0.6) is 5.75 Å². The molecule has 4 aromatic rings. The van der Waals surface area contributed by atoms with E-state index in [4.69, 9.17) is 14.5 Å². The summed E-state index contributed by atoms with van der Waals surface area (Å²) in [7, 11) is 3.79. The van der Waals surface area contributed by atoms with E-state index in [2.05, 4.69) is 15.5 Å². The van der Waals surface area contributed by atoms with Crippen LogP contribution in [0.4, 0.5) is 11.6 Å². The van der Waals surface area contributed by atoms with E-state index in [1.54, 1.807) is 10.9 Å². The number of rotatable bonds is 5. The molecule has 3 aromatic heterocycles. The molecule has 8 nitrogen and oxygen atoms in total. The summed E-state index contributed by atoms with van der Waals surface area (Å²) in [5, 5.41) is 13.3. The van der Waals surface area contributed by atoms with Crippen molar-refractivity contribution in [3.05, 3.63) is 48.7 Å². The van der Waals surface area contributed by atoms with Crippen molar-refractivity contribution < 1.29 is 9.47 Å². The van der Waals surface area contributed by atoms with Crippen LogP contribution in [0.25, 0.3) is 22.3 Å². The lowest BCUT2D eigenvalue weighted by Crippen LogP contribution is -2.28. The molecule has 0 unspecified atom stereocenters. The van der Waals surface area contributed by atoms with Crippen LogP contribution >= 0.6 is 0 Å². The van der Waals surface area contributed by atoms with Crippen LogP contribution in [0.1, 0.15) is 12.8 Å². The van der Waals surface area contributed by atoms with Gasteiger partial charge in [-0.3, -0.25) is 9.36 Å². The third-order valence-corrected chi connectivity index (χ3v) is 5.28. The van der Waals surface area contributed by atoms with Crippen molar-refractivity contribution in [3.8, 4) is 17.0 Å². The van der Waals surface area contributed by atoms with Crippen LogP contribution < -0.4 is 10.1 Å². The standard InChI is InChI=1S/C22H24N6O2/c1-27-21(11-18(26-27)15-7-4-3-5-8-15)24-20-12-19(30-16-9-6-10-29-14-16)17-13-23-28(2)22(17)25-20/h3-5,7-8,11-13,16H,6,9-10,14H2,1-2H3,(H,24,25)/t16-/m1/s1. The Morgan fingerprint density at radius 1 is 1.13 bits per heavy atom. The van der Waals surface area contributed by atoms with Gasteiger partial charge >= 0.3 is 0 Å². The third-order valence-electron chi connectivity index (χ3n) is 5.28. The Balaban J connectivity index is 1.47. The minimum absolute atomic E-state index is 0.0405. The summed E-state index contributed by atoms with van der Waals surface area (Å²) in [6.07, 6.45) is 3.82. The van der Waals surface area contributed by atoms with Gasteiger partial charge < -0.3 is 14.8 Å². The Morgan fingerprint density at radius 2 is 2.00 bits per heavy atom. The summed E-state index contributed by atoms with van der Waals surface area (Å²) >= 11 is 0. The number of fused-ring (bicyclic) bond motifs is 1. The second-order valence-electron chi connectivity index (χ2n) is 7.50. The second kappa shape index (κ2) is 7.79. The van der Waals surface area contributed by atoms with Gasteiger partial charge in [0.25, 0.3) is 0 Å². The Kier molecular flexibility index (Phi) is 4.84. The minimum Gasteiger partial charge on any atom is -0.487 e. The van der Waals surface area contributed by atoms with Crippen molar-refractivity contribution in [1.82, 2.24) is 24.5 Å². The first kappa shape index (κ1) is 18.6. The molecule has 1 aliphatic rings. The average Bonchev–Trinajstić information content (AvgIpc) is 3.33. The number of nitrogens with one attached hydrogen (secondary N) is 1. The fraction of sp³-hybridized carbons (Fsp3) is 0.318. The van der Waals surface area contributed by atoms with Crippen molar-refractivity contribution >= 4 is 22.7 Å². The quantitative estimate of drug-likeness (QED) is 0.547. The molecule has 5 rings (SSSR count). The smallest absolute Gasteiger partial charge is 0.163 e. The highest BCUT2D eigenvalue weighted by Crippen LogP contribution is 2.31. The van der Waals surface area contributed by atoms with E-state index in [-0.39, 0.29) is 6.10 Å². The van der Waals surface area contributed by atoms with Gasteiger partial charge in [-0.15, -0.1) is 0 Å². The molecule has 1 atom stereocenters. The number of nitrogens with zero attached hydrogens (tertiary/aromatic N) is 5. The molecular weight excluding hydrogens is 380 g/mol. The fourth-order valence-electron chi connectivity index (χ4n) is 3.70. The zero-order valence-corrected chi connectivity index (χ0v) is 17.1. The predicted molar refractivity (Wildman–Crippen MR) is 115 cm³/mol. The SMILES string of the molecule is Cn1nc(-c2ccccc2)cc1Nc1cc(O[C@@H]2CCCOC2)c2cnn(C)c2n1. The molecular formula is C22H24N6O2. The Morgan fingerprint density at radius 3 is 2.80 bits per heavy atom. The summed E-state index contributed by atoms with van der Waals surface area (Å²) in [5.74, 6) is 2.28. The molecule has 154 valence electrons. The summed E-state index contributed by atoms with van der Waals surface area (Å²) in [6, 6.07) is 14.0. The van der Waals surface area contributed by atoms with E-state index < -0.39 is 0 Å². The van der Waals surface area contributed by atoms with Crippen molar-refractivity contribution in [2.45, 2.75) is 18.9 Å². The Hall–Kier alpha value is -3.39.